The minimum Gasteiger partial charge on any atom is -0.449 e. The van der Waals surface area contributed by atoms with E-state index in [-0.39, 0.29) is 42.7 Å². The highest BCUT2D eigenvalue weighted by atomic mass is 19.4. The number of hydrogen-bond acceptors (Lipinski definition) is 8. The second-order valence-electron chi connectivity index (χ2n) is 7.69. The van der Waals surface area contributed by atoms with E-state index in [9.17, 15) is 32.3 Å². The van der Waals surface area contributed by atoms with E-state index in [2.05, 4.69) is 15.4 Å². The van der Waals surface area contributed by atoms with Crippen LogP contribution in [0.5, 0.6) is 5.75 Å². The Labute approximate surface area is 189 Å². The van der Waals surface area contributed by atoms with Crippen molar-refractivity contribution in [1.82, 2.24) is 15.5 Å². The van der Waals surface area contributed by atoms with Gasteiger partial charge >= 0.3 is 24.4 Å². The van der Waals surface area contributed by atoms with Crippen molar-refractivity contribution in [2.24, 2.45) is 5.92 Å². The van der Waals surface area contributed by atoms with E-state index in [0.717, 1.165) is 12.1 Å². The number of benzene rings is 1. The Morgan fingerprint density at radius 2 is 1.88 bits per heavy atom. The third-order valence-electron chi connectivity index (χ3n) is 5.66. The van der Waals surface area contributed by atoms with Crippen molar-refractivity contribution in [3.8, 4) is 5.75 Å². The number of rotatable bonds is 6. The first kappa shape index (κ1) is 23.4. The molecule has 3 aliphatic rings. The van der Waals surface area contributed by atoms with Gasteiger partial charge < -0.3 is 30.0 Å². The number of ether oxygens (including phenoxy) is 3. The van der Waals surface area contributed by atoms with E-state index in [1.54, 1.807) is 0 Å². The van der Waals surface area contributed by atoms with E-state index in [1.807, 2.05) is 0 Å². The quantitative estimate of drug-likeness (QED) is 0.310. The van der Waals surface area contributed by atoms with Gasteiger partial charge in [0.1, 0.15) is 18.4 Å². The van der Waals surface area contributed by atoms with Crippen molar-refractivity contribution in [2.75, 3.05) is 13.2 Å². The summed E-state index contributed by atoms with van der Waals surface area (Å²) in [5.41, 5.74) is 0.880. The predicted molar refractivity (Wildman–Crippen MR) is 103 cm³/mol. The normalized spacial score (nSPS) is 23.1. The molecule has 2 amide bonds. The van der Waals surface area contributed by atoms with Crippen LogP contribution in [0.15, 0.2) is 35.7 Å². The summed E-state index contributed by atoms with van der Waals surface area (Å²) in [4.78, 5) is 47.6. The van der Waals surface area contributed by atoms with Crippen molar-refractivity contribution in [1.29, 1.82) is 0 Å². The minimum absolute atomic E-state index is 0.0491. The summed E-state index contributed by atoms with van der Waals surface area (Å²) in [5.74, 6) is -3.31. The highest BCUT2D eigenvalue weighted by Gasteiger charge is 2.61. The van der Waals surface area contributed by atoms with Crippen LogP contribution in [0.25, 0.3) is 0 Å². The minimum atomic E-state index is -5.12. The number of hydrogen-bond donors (Lipinski definition) is 3. The van der Waals surface area contributed by atoms with Gasteiger partial charge in [-0.25, -0.2) is 14.4 Å². The zero-order chi connectivity index (χ0) is 24.6. The number of nitrogens with one attached hydrogen (secondary N) is 2. The van der Waals surface area contributed by atoms with Crippen LogP contribution in [0, 0.1) is 5.92 Å². The lowest BCUT2D eigenvalue weighted by Gasteiger charge is -2.48. The Morgan fingerprint density at radius 1 is 1.18 bits per heavy atom. The number of halogens is 3. The number of alkyl halides is 3. The number of piperidine rings is 1. The second kappa shape index (κ2) is 8.85. The molecule has 0 spiro atoms. The number of carbonyl (C=O) groups excluding carboxylic acids is 3. The molecule has 34 heavy (non-hydrogen) atoms. The molecule has 0 aliphatic carbocycles. The number of β-lactam (4-membered cyclic amide) rings is 1. The molecule has 3 atom stereocenters. The number of esters is 1. The largest absolute Gasteiger partial charge is 0.512 e. The van der Waals surface area contributed by atoms with Crippen LogP contribution in [0.3, 0.4) is 0 Å². The molecule has 182 valence electrons. The summed E-state index contributed by atoms with van der Waals surface area (Å²) < 4.78 is 50.9. The van der Waals surface area contributed by atoms with Crippen LogP contribution in [0.2, 0.25) is 0 Å². The molecule has 11 nitrogen and oxygen atoms in total. The molecule has 1 aromatic carbocycles. The number of amides is 2. The number of nitrogens with zero attached hydrogens (tertiary/aromatic N) is 1. The first-order valence-corrected chi connectivity index (χ1v) is 10.0. The van der Waals surface area contributed by atoms with Gasteiger partial charge in [0.05, 0.1) is 6.04 Å². The van der Waals surface area contributed by atoms with Crippen molar-refractivity contribution in [3.63, 3.8) is 0 Å². The molecule has 0 saturated carbocycles. The molecule has 14 heteroatoms. The molecule has 0 bridgehead atoms. The Balaban J connectivity index is 1.32. The van der Waals surface area contributed by atoms with Crippen LogP contribution in [0.1, 0.15) is 12.0 Å². The van der Waals surface area contributed by atoms with Crippen molar-refractivity contribution < 1.29 is 51.7 Å². The summed E-state index contributed by atoms with van der Waals surface area (Å²) in [7, 11) is 0. The zero-order valence-electron chi connectivity index (χ0n) is 17.3. The fraction of sp³-hybridized carbons (Fsp3) is 0.400. The second-order valence-corrected chi connectivity index (χ2v) is 7.69. The molecule has 3 aliphatic heterocycles. The first-order chi connectivity index (χ1) is 16.1. The van der Waals surface area contributed by atoms with Crippen LogP contribution in [-0.4, -0.2) is 65.5 Å². The average molecular weight is 485 g/mol. The summed E-state index contributed by atoms with van der Waals surface area (Å²) in [6, 6.07) is 4.25. The fourth-order valence-corrected chi connectivity index (χ4v) is 4.20. The lowest BCUT2D eigenvalue weighted by Crippen LogP contribution is -2.71. The molecule has 1 aromatic rings. The fourth-order valence-electron chi connectivity index (χ4n) is 4.20. The van der Waals surface area contributed by atoms with Gasteiger partial charge in [-0.05, 0) is 30.7 Å². The van der Waals surface area contributed by atoms with Gasteiger partial charge in [-0.2, -0.15) is 13.2 Å². The Morgan fingerprint density at radius 3 is 2.53 bits per heavy atom. The van der Waals surface area contributed by atoms with E-state index < -0.39 is 30.4 Å². The highest BCUT2D eigenvalue weighted by Crippen LogP contribution is 2.46. The Hall–Kier alpha value is -3.81. The summed E-state index contributed by atoms with van der Waals surface area (Å²) in [6.07, 6.45) is -6.96. The van der Waals surface area contributed by atoms with Gasteiger partial charge in [0.15, 0.2) is 0 Å². The molecule has 3 N–H and O–H groups in total. The third kappa shape index (κ3) is 4.48. The molecular weight excluding hydrogens is 467 g/mol. The lowest BCUT2D eigenvalue weighted by molar-refractivity contribution is -0.189. The van der Waals surface area contributed by atoms with E-state index in [4.69, 9.17) is 14.6 Å². The SMILES string of the molecule is O=C(O)OC1=C(COC(=O)NCc2ccc(OC(=O)C(F)(F)F)cc2)C2CCN[C@@H]3C(=O)N1[C@H]23. The first-order valence-electron chi connectivity index (χ1n) is 10.0. The van der Waals surface area contributed by atoms with Crippen molar-refractivity contribution in [2.45, 2.75) is 31.2 Å². The highest BCUT2D eigenvalue weighted by molar-refractivity contribution is 5.93. The van der Waals surface area contributed by atoms with E-state index in [0.29, 0.717) is 24.1 Å². The maximum absolute atomic E-state index is 12.3. The predicted octanol–water partition coefficient (Wildman–Crippen LogP) is 1.49. The number of carbonyl (C=O) groups is 4. The Bertz CT molecular complexity index is 1060. The van der Waals surface area contributed by atoms with Gasteiger partial charge in [0.2, 0.25) is 11.8 Å². The van der Waals surface area contributed by atoms with Crippen LogP contribution < -0.4 is 15.4 Å². The maximum Gasteiger partial charge on any atom is 0.512 e. The summed E-state index contributed by atoms with van der Waals surface area (Å²) >= 11 is 0. The van der Waals surface area contributed by atoms with Gasteiger partial charge in [0.25, 0.3) is 0 Å². The smallest absolute Gasteiger partial charge is 0.449 e. The molecule has 0 aromatic heterocycles. The topological polar surface area (TPSA) is 144 Å². The average Bonchev–Trinajstić information content (AvgIpc) is 3.07. The van der Waals surface area contributed by atoms with E-state index in [1.165, 1.54) is 17.0 Å². The van der Waals surface area contributed by atoms with Gasteiger partial charge in [0, 0.05) is 18.0 Å². The lowest BCUT2D eigenvalue weighted by atomic mass is 9.79. The molecule has 3 heterocycles. The van der Waals surface area contributed by atoms with Gasteiger partial charge in [-0.1, -0.05) is 12.1 Å². The molecule has 2 saturated heterocycles. The van der Waals surface area contributed by atoms with Crippen molar-refractivity contribution in [3.05, 3.63) is 41.3 Å². The molecule has 4 rings (SSSR count). The van der Waals surface area contributed by atoms with Gasteiger partial charge in [-0.3, -0.25) is 9.69 Å². The summed E-state index contributed by atoms with van der Waals surface area (Å²) in [6.45, 7) is 0.195. The zero-order valence-corrected chi connectivity index (χ0v) is 17.3. The molecule has 0 radical (unpaired) electrons. The van der Waals surface area contributed by atoms with Crippen molar-refractivity contribution >= 4 is 24.1 Å². The van der Waals surface area contributed by atoms with Crippen LogP contribution in [0.4, 0.5) is 22.8 Å². The Kier molecular flexibility index (Phi) is 6.08. The van der Waals surface area contributed by atoms with Crippen LogP contribution >= 0.6 is 0 Å². The molecule has 2 fully saturated rings. The van der Waals surface area contributed by atoms with Gasteiger partial charge in [-0.15, -0.1) is 0 Å². The number of carboxylic acid groups (broad SMARTS) is 1. The number of alkyl carbamates (subject to hydrolysis) is 1. The molecule has 1 unspecified atom stereocenters. The third-order valence-corrected chi connectivity index (χ3v) is 5.66. The van der Waals surface area contributed by atoms with Crippen LogP contribution in [-0.2, 0) is 25.6 Å². The van der Waals surface area contributed by atoms with E-state index >= 15 is 0 Å². The standard InChI is InChI=1S/C20H18F3N3O8/c21-20(22,23)17(28)33-10-3-1-9(2-4-10)7-25-18(29)32-8-12-11-5-6-24-13-14(11)26(15(13)27)16(12)34-19(30)31/h1-4,11,13-14,24H,5-8H2,(H,25,29)(H,30,31)/t11?,13-,14+/m0/s1. The summed E-state index contributed by atoms with van der Waals surface area (Å²) in [5, 5.41) is 14.5. The monoisotopic (exact) mass is 485 g/mol. The maximum atomic E-state index is 12.3. The molecular formula is C20H18F3N3O8.